The molecule has 1 aliphatic heterocycles. The number of rotatable bonds is 12. The van der Waals surface area contributed by atoms with E-state index >= 15 is 0 Å². The number of hydrogen-bond acceptors (Lipinski definition) is 6. The van der Waals surface area contributed by atoms with Crippen LogP contribution in [0.2, 0.25) is 0 Å². The minimum Gasteiger partial charge on any atom is -0.445 e. The lowest BCUT2D eigenvalue weighted by Gasteiger charge is -2.37. The van der Waals surface area contributed by atoms with Crippen molar-refractivity contribution in [1.29, 1.82) is 0 Å². The van der Waals surface area contributed by atoms with Gasteiger partial charge in [-0.25, -0.2) is 4.79 Å². The van der Waals surface area contributed by atoms with Gasteiger partial charge < -0.3 is 29.0 Å². The molecule has 5 rings (SSSR count). The van der Waals surface area contributed by atoms with Gasteiger partial charge in [0.25, 0.3) is 0 Å². The molecule has 224 valence electrons. The van der Waals surface area contributed by atoms with Crippen LogP contribution in [-0.2, 0) is 45.4 Å². The average molecular weight is 582 g/mol. The smallest absolute Gasteiger partial charge is 0.410 e. The molecular formula is C36H39NO6. The van der Waals surface area contributed by atoms with Crippen LogP contribution < -0.4 is 0 Å². The van der Waals surface area contributed by atoms with Gasteiger partial charge in [0.15, 0.2) is 0 Å². The van der Waals surface area contributed by atoms with E-state index in [1.165, 1.54) is 0 Å². The second-order valence-electron chi connectivity index (χ2n) is 10.7. The van der Waals surface area contributed by atoms with Crippen LogP contribution in [0.4, 0.5) is 4.79 Å². The Labute approximate surface area is 253 Å². The van der Waals surface area contributed by atoms with Gasteiger partial charge >= 0.3 is 6.09 Å². The summed E-state index contributed by atoms with van der Waals surface area (Å²) in [6.07, 6.45) is -2.45. The Morgan fingerprint density at radius 3 is 1.58 bits per heavy atom. The van der Waals surface area contributed by atoms with E-state index in [0.717, 1.165) is 22.3 Å². The van der Waals surface area contributed by atoms with E-state index in [4.69, 9.17) is 18.9 Å². The first-order valence-electron chi connectivity index (χ1n) is 14.8. The van der Waals surface area contributed by atoms with E-state index in [1.54, 1.807) is 4.90 Å². The molecule has 0 saturated carbocycles. The molecule has 1 fully saturated rings. The van der Waals surface area contributed by atoms with Crippen molar-refractivity contribution in [3.05, 3.63) is 144 Å². The number of aliphatic hydroxyl groups is 1. The number of hydrogen-bond donors (Lipinski definition) is 1. The molecule has 7 nitrogen and oxygen atoms in total. The highest BCUT2D eigenvalue weighted by Gasteiger charge is 2.44. The second-order valence-corrected chi connectivity index (χ2v) is 10.7. The van der Waals surface area contributed by atoms with Gasteiger partial charge in [-0.05, 0) is 28.7 Å². The fraction of sp³-hybridized carbons (Fsp3) is 0.306. The summed E-state index contributed by atoms with van der Waals surface area (Å²) in [4.78, 5) is 15.3. The molecule has 0 aromatic heterocycles. The summed E-state index contributed by atoms with van der Waals surface area (Å²) >= 11 is 0. The Kier molecular flexibility index (Phi) is 11.3. The first-order chi connectivity index (χ1) is 21.2. The van der Waals surface area contributed by atoms with Crippen LogP contribution in [0, 0.1) is 0 Å². The van der Waals surface area contributed by atoms with Crippen LogP contribution >= 0.6 is 0 Å². The van der Waals surface area contributed by atoms with Crippen molar-refractivity contribution in [3.63, 3.8) is 0 Å². The van der Waals surface area contributed by atoms with Crippen LogP contribution in [0.3, 0.4) is 0 Å². The Bertz CT molecular complexity index is 1360. The number of benzene rings is 4. The lowest BCUT2D eigenvalue weighted by Crippen LogP contribution is -2.54. The highest BCUT2D eigenvalue weighted by molar-refractivity contribution is 5.68. The molecule has 4 aromatic carbocycles. The minimum atomic E-state index is -0.868. The predicted molar refractivity (Wildman–Crippen MR) is 164 cm³/mol. The number of aliphatic hydroxyl groups excluding tert-OH is 1. The largest absolute Gasteiger partial charge is 0.445 e. The molecule has 4 aromatic rings. The molecule has 1 N–H and O–H groups in total. The zero-order valence-corrected chi connectivity index (χ0v) is 24.2. The standard InChI is InChI=1S/C36H39NO6/c38-33-21-22-37(36(39)43-26-31-19-11-4-12-20-31)32(27-40-23-28-13-5-1-6-14-28)34(41-24-29-15-7-2-8-16-29)35(33)42-25-30-17-9-3-10-18-30/h1-20,32-35,38H,21-27H2/t32-,33+,34-,35-/m1/s1. The van der Waals surface area contributed by atoms with E-state index in [1.807, 2.05) is 121 Å². The van der Waals surface area contributed by atoms with Crippen molar-refractivity contribution in [3.8, 4) is 0 Å². The molecule has 1 aliphatic rings. The zero-order valence-electron chi connectivity index (χ0n) is 24.2. The number of amides is 1. The Morgan fingerprint density at radius 2 is 1.07 bits per heavy atom. The van der Waals surface area contributed by atoms with Gasteiger partial charge in [0.05, 0.1) is 38.6 Å². The number of nitrogens with zero attached hydrogens (tertiary/aromatic N) is 1. The predicted octanol–water partition coefficient (Wildman–Crippen LogP) is 6.15. The fourth-order valence-corrected chi connectivity index (χ4v) is 5.25. The molecule has 0 aliphatic carbocycles. The molecule has 0 radical (unpaired) electrons. The Morgan fingerprint density at radius 1 is 0.628 bits per heavy atom. The number of carbonyl (C=O) groups excluding carboxylic acids is 1. The van der Waals surface area contributed by atoms with Crippen LogP contribution in [0.25, 0.3) is 0 Å². The number of likely N-dealkylation sites (tertiary alicyclic amines) is 1. The van der Waals surface area contributed by atoms with E-state index in [0.29, 0.717) is 19.6 Å². The first-order valence-corrected chi connectivity index (χ1v) is 14.8. The molecule has 0 unspecified atom stereocenters. The molecule has 43 heavy (non-hydrogen) atoms. The third-order valence-electron chi connectivity index (χ3n) is 7.56. The van der Waals surface area contributed by atoms with Crippen LogP contribution in [0.5, 0.6) is 0 Å². The SMILES string of the molecule is O=C(OCc1ccccc1)N1CC[C@H](O)[C@@H](OCc2ccccc2)[C@H](OCc2ccccc2)[C@H]1COCc1ccccc1. The summed E-state index contributed by atoms with van der Waals surface area (Å²) in [5.41, 5.74) is 3.87. The fourth-order valence-electron chi connectivity index (χ4n) is 5.25. The highest BCUT2D eigenvalue weighted by Crippen LogP contribution is 2.27. The van der Waals surface area contributed by atoms with Crippen molar-refractivity contribution in [1.82, 2.24) is 4.90 Å². The first kappa shape index (κ1) is 30.4. The van der Waals surface area contributed by atoms with Gasteiger partial charge in [-0.15, -0.1) is 0 Å². The summed E-state index contributed by atoms with van der Waals surface area (Å²) in [7, 11) is 0. The zero-order chi connectivity index (χ0) is 29.7. The van der Waals surface area contributed by atoms with Gasteiger partial charge in [-0.3, -0.25) is 0 Å². The molecule has 7 heteroatoms. The number of carbonyl (C=O) groups is 1. The van der Waals surface area contributed by atoms with Crippen LogP contribution in [-0.4, -0.2) is 53.6 Å². The summed E-state index contributed by atoms with van der Waals surface area (Å²) in [5.74, 6) is 0. The second kappa shape index (κ2) is 16.0. The van der Waals surface area contributed by atoms with E-state index in [2.05, 4.69) is 0 Å². The van der Waals surface area contributed by atoms with Gasteiger partial charge in [-0.2, -0.15) is 0 Å². The maximum Gasteiger partial charge on any atom is 0.410 e. The third kappa shape index (κ3) is 8.99. The summed E-state index contributed by atoms with van der Waals surface area (Å²) in [6.45, 7) is 1.53. The minimum absolute atomic E-state index is 0.139. The number of ether oxygens (including phenoxy) is 4. The molecular weight excluding hydrogens is 542 g/mol. The third-order valence-corrected chi connectivity index (χ3v) is 7.56. The molecule has 1 saturated heterocycles. The van der Waals surface area contributed by atoms with Crippen LogP contribution in [0.15, 0.2) is 121 Å². The quantitative estimate of drug-likeness (QED) is 0.216. The van der Waals surface area contributed by atoms with Crippen LogP contribution in [0.1, 0.15) is 28.7 Å². The monoisotopic (exact) mass is 581 g/mol. The van der Waals surface area contributed by atoms with Gasteiger partial charge in [0.2, 0.25) is 0 Å². The highest BCUT2D eigenvalue weighted by atomic mass is 16.6. The lowest BCUT2D eigenvalue weighted by molar-refractivity contribution is -0.149. The molecule has 0 bridgehead atoms. The van der Waals surface area contributed by atoms with Crippen molar-refractivity contribution < 1.29 is 28.8 Å². The Balaban J connectivity index is 1.40. The van der Waals surface area contributed by atoms with Gasteiger partial charge in [0.1, 0.15) is 18.8 Å². The Hall–Kier alpha value is -4.01. The van der Waals surface area contributed by atoms with E-state index in [9.17, 15) is 9.90 Å². The molecule has 0 spiro atoms. The van der Waals surface area contributed by atoms with Crippen molar-refractivity contribution >= 4 is 6.09 Å². The molecule has 4 atom stereocenters. The van der Waals surface area contributed by atoms with Gasteiger partial charge in [-0.1, -0.05) is 121 Å². The molecule has 1 amide bonds. The van der Waals surface area contributed by atoms with E-state index < -0.39 is 30.4 Å². The van der Waals surface area contributed by atoms with Crippen molar-refractivity contribution in [2.75, 3.05) is 13.2 Å². The molecule has 1 heterocycles. The summed E-state index contributed by atoms with van der Waals surface area (Å²) in [5, 5.41) is 11.4. The van der Waals surface area contributed by atoms with Crippen molar-refractivity contribution in [2.45, 2.75) is 57.2 Å². The normalized spacial score (nSPS) is 20.3. The summed E-state index contributed by atoms with van der Waals surface area (Å²) in [6, 6.07) is 38.6. The maximum atomic E-state index is 13.7. The summed E-state index contributed by atoms with van der Waals surface area (Å²) < 4.78 is 25.0. The maximum absolute atomic E-state index is 13.7. The van der Waals surface area contributed by atoms with E-state index in [-0.39, 0.29) is 26.4 Å². The van der Waals surface area contributed by atoms with Gasteiger partial charge in [0, 0.05) is 6.54 Å². The van der Waals surface area contributed by atoms with Crippen molar-refractivity contribution in [2.24, 2.45) is 0 Å². The average Bonchev–Trinajstić information content (AvgIpc) is 3.19. The topological polar surface area (TPSA) is 77.5 Å². The lowest BCUT2D eigenvalue weighted by atomic mass is 10.0.